The zero-order valence-corrected chi connectivity index (χ0v) is 13.5. The van der Waals surface area contributed by atoms with E-state index in [-0.39, 0.29) is 0 Å². The van der Waals surface area contributed by atoms with Gasteiger partial charge in [-0.2, -0.15) is 0 Å². The average Bonchev–Trinajstić information content (AvgIpc) is 2.42. The predicted octanol–water partition coefficient (Wildman–Crippen LogP) is 5.24. The third kappa shape index (κ3) is 4.86. The van der Waals surface area contributed by atoms with Gasteiger partial charge in [0.1, 0.15) is 0 Å². The number of hydrogen-bond acceptors (Lipinski definition) is 2. The number of rotatable bonds is 6. The summed E-state index contributed by atoms with van der Waals surface area (Å²) in [6, 6.07) is 16.5. The molecule has 0 heterocycles. The lowest BCUT2D eigenvalue weighted by molar-refractivity contribution is 0.550. The number of benzene rings is 2. The highest BCUT2D eigenvalue weighted by molar-refractivity contribution is 7.99. The lowest BCUT2D eigenvalue weighted by atomic mass is 10.2. The Morgan fingerprint density at radius 3 is 2.55 bits per heavy atom. The Hall–Kier alpha value is -0.960. The highest BCUT2D eigenvalue weighted by Gasteiger charge is 2.06. The lowest BCUT2D eigenvalue weighted by Gasteiger charge is -2.12. The second-order valence-corrected chi connectivity index (χ2v) is 6.74. The maximum atomic E-state index is 6.13. The maximum absolute atomic E-state index is 6.13. The average molecular weight is 306 g/mol. The predicted molar refractivity (Wildman–Crippen MR) is 88.6 cm³/mol. The van der Waals surface area contributed by atoms with Crippen LogP contribution < -0.4 is 5.32 Å². The SMILES string of the molecule is CC(C)CNCc1ccc(Cl)cc1Sc1ccccc1. The molecule has 0 fully saturated rings. The van der Waals surface area contributed by atoms with Gasteiger partial charge in [0.2, 0.25) is 0 Å². The summed E-state index contributed by atoms with van der Waals surface area (Å²) in [4.78, 5) is 2.46. The van der Waals surface area contributed by atoms with E-state index in [1.54, 1.807) is 11.8 Å². The fourth-order valence-electron chi connectivity index (χ4n) is 1.88. The van der Waals surface area contributed by atoms with Crippen LogP contribution in [0.5, 0.6) is 0 Å². The van der Waals surface area contributed by atoms with Crippen LogP contribution in [0.1, 0.15) is 19.4 Å². The molecule has 0 aromatic heterocycles. The minimum Gasteiger partial charge on any atom is -0.312 e. The van der Waals surface area contributed by atoms with Crippen molar-refractivity contribution in [2.75, 3.05) is 6.54 Å². The Morgan fingerprint density at radius 1 is 1.10 bits per heavy atom. The van der Waals surface area contributed by atoms with Crippen LogP contribution in [-0.2, 0) is 6.54 Å². The summed E-state index contributed by atoms with van der Waals surface area (Å²) in [6.45, 7) is 6.34. The Kier molecular flexibility index (Phi) is 5.96. The van der Waals surface area contributed by atoms with Crippen LogP contribution in [0.15, 0.2) is 58.3 Å². The Bertz CT molecular complexity index is 540. The first kappa shape index (κ1) is 15.4. The van der Waals surface area contributed by atoms with E-state index in [0.29, 0.717) is 5.92 Å². The van der Waals surface area contributed by atoms with Crippen LogP contribution in [0.4, 0.5) is 0 Å². The molecular formula is C17H20ClNS. The maximum Gasteiger partial charge on any atom is 0.0417 e. The van der Waals surface area contributed by atoms with Gasteiger partial charge < -0.3 is 5.32 Å². The van der Waals surface area contributed by atoms with Crippen molar-refractivity contribution in [3.63, 3.8) is 0 Å². The van der Waals surface area contributed by atoms with E-state index in [0.717, 1.165) is 18.1 Å². The Morgan fingerprint density at radius 2 is 1.85 bits per heavy atom. The van der Waals surface area contributed by atoms with Gasteiger partial charge in [-0.1, -0.05) is 61.5 Å². The second-order valence-electron chi connectivity index (χ2n) is 5.19. The van der Waals surface area contributed by atoms with Gasteiger partial charge in [-0.15, -0.1) is 0 Å². The summed E-state index contributed by atoms with van der Waals surface area (Å²) in [7, 11) is 0. The van der Waals surface area contributed by atoms with E-state index in [1.165, 1.54) is 15.4 Å². The van der Waals surface area contributed by atoms with Crippen molar-refractivity contribution in [2.45, 2.75) is 30.2 Å². The lowest BCUT2D eigenvalue weighted by Crippen LogP contribution is -2.19. The summed E-state index contributed by atoms with van der Waals surface area (Å²) in [6.07, 6.45) is 0. The monoisotopic (exact) mass is 305 g/mol. The van der Waals surface area contributed by atoms with Gasteiger partial charge in [0.05, 0.1) is 0 Å². The highest BCUT2D eigenvalue weighted by Crippen LogP contribution is 2.32. The minimum absolute atomic E-state index is 0.660. The molecule has 0 saturated carbocycles. The van der Waals surface area contributed by atoms with Gasteiger partial charge in [0.15, 0.2) is 0 Å². The van der Waals surface area contributed by atoms with Crippen molar-refractivity contribution in [2.24, 2.45) is 5.92 Å². The summed E-state index contributed by atoms with van der Waals surface area (Å²) in [5, 5.41) is 4.28. The molecule has 1 N–H and O–H groups in total. The molecule has 0 spiro atoms. The number of halogens is 1. The van der Waals surface area contributed by atoms with Crippen molar-refractivity contribution >= 4 is 23.4 Å². The number of hydrogen-bond donors (Lipinski definition) is 1. The molecule has 0 aliphatic heterocycles. The van der Waals surface area contributed by atoms with E-state index >= 15 is 0 Å². The molecule has 0 radical (unpaired) electrons. The van der Waals surface area contributed by atoms with Gasteiger partial charge in [0, 0.05) is 21.4 Å². The van der Waals surface area contributed by atoms with Gasteiger partial charge in [-0.25, -0.2) is 0 Å². The van der Waals surface area contributed by atoms with Crippen LogP contribution in [0.3, 0.4) is 0 Å². The third-order valence-corrected chi connectivity index (χ3v) is 4.21. The van der Waals surface area contributed by atoms with Crippen LogP contribution in [0, 0.1) is 5.92 Å². The van der Waals surface area contributed by atoms with E-state index in [4.69, 9.17) is 11.6 Å². The van der Waals surface area contributed by atoms with E-state index in [9.17, 15) is 0 Å². The molecule has 0 aliphatic rings. The highest BCUT2D eigenvalue weighted by atomic mass is 35.5. The third-order valence-electron chi connectivity index (χ3n) is 2.87. The van der Waals surface area contributed by atoms with Crippen LogP contribution in [0.2, 0.25) is 5.02 Å². The zero-order valence-electron chi connectivity index (χ0n) is 11.9. The van der Waals surface area contributed by atoms with E-state index < -0.39 is 0 Å². The summed E-state index contributed by atoms with van der Waals surface area (Å²) >= 11 is 7.90. The molecule has 3 heteroatoms. The molecule has 20 heavy (non-hydrogen) atoms. The molecule has 0 bridgehead atoms. The molecule has 0 amide bonds. The van der Waals surface area contributed by atoms with Crippen molar-refractivity contribution in [3.05, 3.63) is 59.1 Å². The standard InChI is InChI=1S/C17H20ClNS/c1-13(2)11-19-12-14-8-9-15(18)10-17(14)20-16-6-4-3-5-7-16/h3-10,13,19H,11-12H2,1-2H3. The van der Waals surface area contributed by atoms with Crippen molar-refractivity contribution < 1.29 is 0 Å². The van der Waals surface area contributed by atoms with Crippen LogP contribution in [0.25, 0.3) is 0 Å². The van der Waals surface area contributed by atoms with Crippen LogP contribution >= 0.6 is 23.4 Å². The van der Waals surface area contributed by atoms with Gasteiger partial charge in [0.25, 0.3) is 0 Å². The molecule has 1 nitrogen and oxygen atoms in total. The summed E-state index contributed by atoms with van der Waals surface area (Å²) < 4.78 is 0. The van der Waals surface area contributed by atoms with E-state index in [1.807, 2.05) is 18.2 Å². The topological polar surface area (TPSA) is 12.0 Å². The molecule has 2 aromatic rings. The second kappa shape index (κ2) is 7.72. The Balaban J connectivity index is 2.11. The first-order chi connectivity index (χ1) is 9.65. The largest absolute Gasteiger partial charge is 0.312 e. The molecule has 2 aromatic carbocycles. The number of nitrogens with one attached hydrogen (secondary N) is 1. The summed E-state index contributed by atoms with van der Waals surface area (Å²) in [5.41, 5.74) is 1.30. The first-order valence-electron chi connectivity index (χ1n) is 6.87. The van der Waals surface area contributed by atoms with E-state index in [2.05, 4.69) is 49.5 Å². The Labute approximate surface area is 130 Å². The van der Waals surface area contributed by atoms with Gasteiger partial charge in [-0.05, 0) is 42.3 Å². The van der Waals surface area contributed by atoms with Gasteiger partial charge in [-0.3, -0.25) is 0 Å². The zero-order chi connectivity index (χ0) is 14.4. The van der Waals surface area contributed by atoms with Crippen LogP contribution in [-0.4, -0.2) is 6.54 Å². The quantitative estimate of drug-likeness (QED) is 0.783. The normalized spacial score (nSPS) is 11.0. The van der Waals surface area contributed by atoms with Crippen molar-refractivity contribution in [3.8, 4) is 0 Å². The molecular weight excluding hydrogens is 286 g/mol. The molecule has 0 aliphatic carbocycles. The van der Waals surface area contributed by atoms with Crippen molar-refractivity contribution in [1.82, 2.24) is 5.32 Å². The minimum atomic E-state index is 0.660. The molecule has 0 saturated heterocycles. The molecule has 106 valence electrons. The van der Waals surface area contributed by atoms with Crippen molar-refractivity contribution in [1.29, 1.82) is 0 Å². The smallest absolute Gasteiger partial charge is 0.0417 e. The molecule has 0 unspecified atom stereocenters. The summed E-state index contributed by atoms with van der Waals surface area (Å²) in [5.74, 6) is 0.660. The molecule has 2 rings (SSSR count). The first-order valence-corrected chi connectivity index (χ1v) is 8.06. The molecule has 0 atom stereocenters. The van der Waals surface area contributed by atoms with Gasteiger partial charge >= 0.3 is 0 Å². The fraction of sp³-hybridized carbons (Fsp3) is 0.294. The fourth-order valence-corrected chi connectivity index (χ4v) is 3.12.